The monoisotopic (exact) mass is 341 g/mol. The molecule has 1 aliphatic rings. The molecule has 0 aliphatic carbocycles. The van der Waals surface area contributed by atoms with E-state index in [0.29, 0.717) is 16.8 Å². The minimum absolute atomic E-state index is 0.0876. The third-order valence-electron chi connectivity index (χ3n) is 4.55. The van der Waals surface area contributed by atoms with Crippen molar-refractivity contribution in [2.24, 2.45) is 0 Å². The number of aromatic nitrogens is 1. The van der Waals surface area contributed by atoms with Crippen LogP contribution in [0.25, 0.3) is 0 Å². The number of rotatable bonds is 6. The number of hydrogen-bond acceptors (Lipinski definition) is 4. The Hall–Kier alpha value is -2.60. The molecule has 6 heteroatoms. The molecule has 0 radical (unpaired) electrons. The fourth-order valence-electron chi connectivity index (χ4n) is 3.24. The first kappa shape index (κ1) is 17.2. The maximum atomic E-state index is 12.4. The Bertz CT molecular complexity index is 729. The van der Waals surface area contributed by atoms with E-state index in [9.17, 15) is 10.0 Å². The topological polar surface area (TPSA) is 68.5 Å². The van der Waals surface area contributed by atoms with Crippen molar-refractivity contribution in [3.05, 3.63) is 65.1 Å². The van der Waals surface area contributed by atoms with Crippen molar-refractivity contribution in [2.45, 2.75) is 18.9 Å². The van der Waals surface area contributed by atoms with Crippen LogP contribution in [0.5, 0.6) is 5.75 Å². The maximum absolute atomic E-state index is 12.4. The number of nitrogens with zero attached hydrogens (tertiary/aromatic N) is 2. The Morgan fingerprint density at radius 2 is 2.12 bits per heavy atom. The van der Waals surface area contributed by atoms with Crippen LogP contribution in [0.4, 0.5) is 0 Å². The highest BCUT2D eigenvalue weighted by atomic mass is 16.5. The zero-order valence-corrected chi connectivity index (χ0v) is 14.4. The number of amides is 1. The molecule has 132 valence electrons. The van der Waals surface area contributed by atoms with Gasteiger partial charge in [-0.05, 0) is 49.7 Å². The summed E-state index contributed by atoms with van der Waals surface area (Å²) in [6.07, 6.45) is 4.98. The summed E-state index contributed by atoms with van der Waals surface area (Å²) in [5.74, 6) is 0.570. The number of hydrogen-bond donors (Lipinski definition) is 1. The van der Waals surface area contributed by atoms with Gasteiger partial charge in [0, 0.05) is 12.6 Å². The number of pyridine rings is 1. The molecule has 1 aliphatic heterocycles. The van der Waals surface area contributed by atoms with Crippen LogP contribution < -0.4 is 14.8 Å². The van der Waals surface area contributed by atoms with Gasteiger partial charge in [-0.3, -0.25) is 9.69 Å². The minimum atomic E-state index is -0.239. The van der Waals surface area contributed by atoms with Crippen molar-refractivity contribution < 1.29 is 14.3 Å². The molecule has 1 amide bonds. The summed E-state index contributed by atoms with van der Waals surface area (Å²) in [6, 6.07) is 11.3. The van der Waals surface area contributed by atoms with Gasteiger partial charge in [0.15, 0.2) is 12.4 Å². The van der Waals surface area contributed by atoms with Crippen LogP contribution in [0.15, 0.2) is 48.8 Å². The van der Waals surface area contributed by atoms with Crippen molar-refractivity contribution in [3.63, 3.8) is 0 Å². The first-order valence-electron chi connectivity index (χ1n) is 8.52. The zero-order valence-electron chi connectivity index (χ0n) is 14.4. The predicted octanol–water partition coefficient (Wildman–Crippen LogP) is 1.90. The Kier molecular flexibility index (Phi) is 5.50. The van der Waals surface area contributed by atoms with E-state index in [1.165, 1.54) is 25.2 Å². The van der Waals surface area contributed by atoms with Gasteiger partial charge in [0.25, 0.3) is 5.91 Å². The van der Waals surface area contributed by atoms with Crippen LogP contribution in [0.3, 0.4) is 0 Å². The third kappa shape index (κ3) is 4.28. The van der Waals surface area contributed by atoms with E-state index >= 15 is 0 Å². The Balaban J connectivity index is 1.74. The van der Waals surface area contributed by atoms with Gasteiger partial charge in [0.1, 0.15) is 11.3 Å². The molecule has 3 rings (SSSR count). The van der Waals surface area contributed by atoms with Crippen LogP contribution in [0, 0.1) is 5.21 Å². The largest absolute Gasteiger partial charge is 0.619 e. The quantitative estimate of drug-likeness (QED) is 0.644. The molecule has 0 bridgehead atoms. The lowest BCUT2D eigenvalue weighted by molar-refractivity contribution is -0.605. The lowest BCUT2D eigenvalue weighted by atomic mass is 10.0. The second kappa shape index (κ2) is 7.98. The SMILES string of the molecule is COc1cccc(C(CNC(=O)c2ccc[n+]([O-])c2)N2CCCC2)c1. The van der Waals surface area contributed by atoms with Crippen molar-refractivity contribution >= 4 is 5.91 Å². The lowest BCUT2D eigenvalue weighted by Crippen LogP contribution is -2.37. The maximum Gasteiger partial charge on any atom is 0.257 e. The van der Waals surface area contributed by atoms with Crippen LogP contribution in [0.2, 0.25) is 0 Å². The first-order valence-corrected chi connectivity index (χ1v) is 8.52. The number of carbonyl (C=O) groups is 1. The van der Waals surface area contributed by atoms with Crippen LogP contribution in [-0.4, -0.2) is 37.6 Å². The normalized spacial score (nSPS) is 15.7. The number of ether oxygens (including phenoxy) is 1. The second-order valence-electron chi connectivity index (χ2n) is 6.20. The Morgan fingerprint density at radius 3 is 2.84 bits per heavy atom. The van der Waals surface area contributed by atoms with E-state index in [0.717, 1.165) is 24.4 Å². The number of likely N-dealkylation sites (tertiary alicyclic amines) is 1. The molecule has 0 spiro atoms. The first-order chi connectivity index (χ1) is 12.2. The van der Waals surface area contributed by atoms with Gasteiger partial charge in [-0.2, -0.15) is 4.73 Å². The molecule has 2 heterocycles. The van der Waals surface area contributed by atoms with Gasteiger partial charge in [0.05, 0.1) is 13.2 Å². The highest BCUT2D eigenvalue weighted by Gasteiger charge is 2.24. The second-order valence-corrected chi connectivity index (χ2v) is 6.20. The molecule has 1 saturated heterocycles. The van der Waals surface area contributed by atoms with E-state index in [-0.39, 0.29) is 11.9 Å². The molecular weight excluding hydrogens is 318 g/mol. The van der Waals surface area contributed by atoms with Gasteiger partial charge in [-0.1, -0.05) is 12.1 Å². The fourth-order valence-corrected chi connectivity index (χ4v) is 3.24. The van der Waals surface area contributed by atoms with Crippen LogP contribution >= 0.6 is 0 Å². The molecule has 0 saturated carbocycles. The van der Waals surface area contributed by atoms with E-state index in [1.54, 1.807) is 19.2 Å². The van der Waals surface area contributed by atoms with Crippen molar-refractivity contribution in [2.75, 3.05) is 26.7 Å². The van der Waals surface area contributed by atoms with E-state index < -0.39 is 0 Å². The van der Waals surface area contributed by atoms with Crippen LogP contribution in [0.1, 0.15) is 34.8 Å². The lowest BCUT2D eigenvalue weighted by Gasteiger charge is -2.28. The molecule has 1 aromatic carbocycles. The highest BCUT2D eigenvalue weighted by molar-refractivity contribution is 5.93. The standard InChI is InChI=1S/C19H23N3O3/c1-25-17-8-4-6-15(12-17)18(21-9-2-3-10-21)13-20-19(23)16-7-5-11-22(24)14-16/h4-8,11-12,14,18H,2-3,9-10,13H2,1H3,(H,20,23). The zero-order chi connectivity index (χ0) is 17.6. The average molecular weight is 341 g/mol. The Morgan fingerprint density at radius 1 is 1.32 bits per heavy atom. The summed E-state index contributed by atoms with van der Waals surface area (Å²) in [5.41, 5.74) is 1.48. The molecule has 1 aromatic heterocycles. The van der Waals surface area contributed by atoms with Crippen molar-refractivity contribution in [1.29, 1.82) is 0 Å². The minimum Gasteiger partial charge on any atom is -0.619 e. The summed E-state index contributed by atoms with van der Waals surface area (Å²) in [5, 5.41) is 14.3. The van der Waals surface area contributed by atoms with E-state index in [1.807, 2.05) is 18.2 Å². The molecule has 1 fully saturated rings. The van der Waals surface area contributed by atoms with Gasteiger partial charge in [-0.25, -0.2) is 0 Å². The fraction of sp³-hybridized carbons (Fsp3) is 0.368. The van der Waals surface area contributed by atoms with E-state index in [2.05, 4.69) is 16.3 Å². The van der Waals surface area contributed by atoms with E-state index in [4.69, 9.17) is 4.74 Å². The third-order valence-corrected chi connectivity index (χ3v) is 4.55. The van der Waals surface area contributed by atoms with Crippen LogP contribution in [-0.2, 0) is 0 Å². The summed E-state index contributed by atoms with van der Waals surface area (Å²) in [4.78, 5) is 14.7. The molecule has 25 heavy (non-hydrogen) atoms. The number of methoxy groups -OCH3 is 1. The summed E-state index contributed by atoms with van der Waals surface area (Å²) in [7, 11) is 1.65. The average Bonchev–Trinajstić information content (AvgIpc) is 3.16. The number of nitrogens with one attached hydrogen (secondary N) is 1. The summed E-state index contributed by atoms with van der Waals surface area (Å²) in [6.45, 7) is 2.52. The Labute approximate surface area is 147 Å². The molecule has 6 nitrogen and oxygen atoms in total. The number of benzene rings is 1. The predicted molar refractivity (Wildman–Crippen MR) is 94.3 cm³/mol. The number of carbonyl (C=O) groups excluding carboxylic acids is 1. The smallest absolute Gasteiger partial charge is 0.257 e. The molecule has 2 aromatic rings. The molecular formula is C19H23N3O3. The molecule has 1 unspecified atom stereocenters. The van der Waals surface area contributed by atoms with Crippen molar-refractivity contribution in [1.82, 2.24) is 10.2 Å². The van der Waals surface area contributed by atoms with Crippen molar-refractivity contribution in [3.8, 4) is 5.75 Å². The molecule has 1 atom stereocenters. The van der Waals surface area contributed by atoms with Gasteiger partial charge < -0.3 is 15.3 Å². The molecule has 1 N–H and O–H groups in total. The summed E-state index contributed by atoms with van der Waals surface area (Å²) < 4.78 is 5.97. The van der Waals surface area contributed by atoms with Gasteiger partial charge in [0.2, 0.25) is 0 Å². The van der Waals surface area contributed by atoms with Gasteiger partial charge >= 0.3 is 0 Å². The highest BCUT2D eigenvalue weighted by Crippen LogP contribution is 2.27. The van der Waals surface area contributed by atoms with Gasteiger partial charge in [-0.15, -0.1) is 0 Å². The summed E-state index contributed by atoms with van der Waals surface area (Å²) >= 11 is 0.